The van der Waals surface area contributed by atoms with Crippen molar-refractivity contribution in [3.8, 4) is 0 Å². The lowest BCUT2D eigenvalue weighted by atomic mass is 9.99. The van der Waals surface area contributed by atoms with Gasteiger partial charge in [-0.25, -0.2) is 4.39 Å². The molecule has 0 aromatic heterocycles. The molecule has 0 unspecified atom stereocenters. The van der Waals surface area contributed by atoms with Gasteiger partial charge in [0.1, 0.15) is 5.82 Å². The van der Waals surface area contributed by atoms with E-state index in [0.29, 0.717) is 12.2 Å². The molecule has 25 heavy (non-hydrogen) atoms. The van der Waals surface area contributed by atoms with Gasteiger partial charge in [0.25, 0.3) is 5.91 Å². The number of carbonyl (C=O) groups excluding carboxylic acids is 2. The number of nitrogens with one attached hydrogen (secondary N) is 1. The topological polar surface area (TPSA) is 49.4 Å². The first-order valence-electron chi connectivity index (χ1n) is 8.47. The second-order valence-electron chi connectivity index (χ2n) is 6.53. The quantitative estimate of drug-likeness (QED) is 0.918. The smallest absolute Gasteiger partial charge is 0.258 e. The molecule has 1 heterocycles. The van der Waals surface area contributed by atoms with Crippen molar-refractivity contribution in [2.24, 2.45) is 5.92 Å². The first kappa shape index (κ1) is 17.1. The van der Waals surface area contributed by atoms with Crippen LogP contribution in [0.2, 0.25) is 0 Å². The van der Waals surface area contributed by atoms with E-state index in [9.17, 15) is 14.0 Å². The summed E-state index contributed by atoms with van der Waals surface area (Å²) in [5.74, 6) is -0.994. The van der Waals surface area contributed by atoms with Gasteiger partial charge in [0, 0.05) is 23.8 Å². The molecule has 1 N–H and O–H groups in total. The zero-order chi connectivity index (χ0) is 18.0. The van der Waals surface area contributed by atoms with Gasteiger partial charge in [-0.15, -0.1) is 0 Å². The first-order valence-corrected chi connectivity index (χ1v) is 8.47. The van der Waals surface area contributed by atoms with Gasteiger partial charge in [0.2, 0.25) is 5.91 Å². The Morgan fingerprint density at radius 3 is 2.64 bits per heavy atom. The summed E-state index contributed by atoms with van der Waals surface area (Å²) in [6, 6.07) is 11.4. The molecule has 0 spiro atoms. The van der Waals surface area contributed by atoms with E-state index >= 15 is 0 Å². The van der Waals surface area contributed by atoms with Crippen molar-refractivity contribution in [2.45, 2.75) is 26.7 Å². The molecule has 3 rings (SSSR count). The molecular formula is C20H21FN2O2. The van der Waals surface area contributed by atoms with Crippen LogP contribution in [-0.4, -0.2) is 18.4 Å². The molecule has 0 atom stereocenters. The van der Waals surface area contributed by atoms with Crippen LogP contribution in [0.1, 0.15) is 36.2 Å². The molecule has 0 radical (unpaired) electrons. The maximum Gasteiger partial charge on any atom is 0.258 e. The number of fused-ring (bicyclic) bond motifs is 1. The average molecular weight is 340 g/mol. The third kappa shape index (κ3) is 3.55. The summed E-state index contributed by atoms with van der Waals surface area (Å²) < 4.78 is 13.7. The maximum atomic E-state index is 13.7. The number of halogens is 1. The minimum absolute atomic E-state index is 0.0110. The van der Waals surface area contributed by atoms with Crippen molar-refractivity contribution >= 4 is 23.2 Å². The Morgan fingerprint density at radius 2 is 1.92 bits per heavy atom. The third-order valence-electron chi connectivity index (χ3n) is 4.33. The van der Waals surface area contributed by atoms with Crippen LogP contribution in [-0.2, 0) is 11.2 Å². The Bertz CT molecular complexity index is 817. The molecule has 0 bridgehead atoms. The highest BCUT2D eigenvalue weighted by molar-refractivity contribution is 6.04. The van der Waals surface area contributed by atoms with Crippen molar-refractivity contribution in [3.63, 3.8) is 0 Å². The average Bonchev–Trinajstić information content (AvgIpc) is 2.60. The number of rotatable bonds is 3. The van der Waals surface area contributed by atoms with Crippen molar-refractivity contribution in [3.05, 3.63) is 59.4 Å². The zero-order valence-electron chi connectivity index (χ0n) is 14.4. The second-order valence-corrected chi connectivity index (χ2v) is 6.53. The molecule has 4 nitrogen and oxygen atoms in total. The van der Waals surface area contributed by atoms with Crippen LogP contribution in [0.15, 0.2) is 42.5 Å². The van der Waals surface area contributed by atoms with Gasteiger partial charge in [0.05, 0.1) is 5.56 Å². The van der Waals surface area contributed by atoms with E-state index in [1.165, 1.54) is 12.1 Å². The molecule has 1 aliphatic rings. The zero-order valence-corrected chi connectivity index (χ0v) is 14.4. The number of hydrogen-bond donors (Lipinski definition) is 1. The van der Waals surface area contributed by atoms with E-state index in [1.807, 2.05) is 30.9 Å². The Labute approximate surface area is 146 Å². The van der Waals surface area contributed by atoms with Crippen LogP contribution in [0, 0.1) is 11.7 Å². The Kier molecular flexibility index (Phi) is 4.83. The fraction of sp³-hybridized carbons (Fsp3) is 0.300. The lowest BCUT2D eigenvalue weighted by molar-refractivity contribution is -0.121. The monoisotopic (exact) mass is 340 g/mol. The van der Waals surface area contributed by atoms with E-state index in [1.54, 1.807) is 18.2 Å². The van der Waals surface area contributed by atoms with Crippen LogP contribution >= 0.6 is 0 Å². The predicted octanol–water partition coefficient (Wildman–Crippen LogP) is 4.01. The summed E-state index contributed by atoms with van der Waals surface area (Å²) in [4.78, 5) is 26.4. The minimum Gasteiger partial charge on any atom is -0.322 e. The highest BCUT2D eigenvalue weighted by Gasteiger charge is 2.24. The van der Waals surface area contributed by atoms with E-state index in [4.69, 9.17) is 0 Å². The van der Waals surface area contributed by atoms with Gasteiger partial charge < -0.3 is 10.2 Å². The molecule has 0 fully saturated rings. The molecule has 0 aliphatic carbocycles. The lowest BCUT2D eigenvalue weighted by Crippen LogP contribution is -2.38. The second kappa shape index (κ2) is 7.05. The summed E-state index contributed by atoms with van der Waals surface area (Å²) in [6.07, 6.45) is 1.73. The third-order valence-corrected chi connectivity index (χ3v) is 4.33. The van der Waals surface area contributed by atoms with Crippen LogP contribution in [0.4, 0.5) is 15.8 Å². The van der Waals surface area contributed by atoms with Gasteiger partial charge in [-0.2, -0.15) is 0 Å². The van der Waals surface area contributed by atoms with E-state index in [-0.39, 0.29) is 17.4 Å². The van der Waals surface area contributed by atoms with Gasteiger partial charge in [-0.05, 0) is 48.7 Å². The van der Waals surface area contributed by atoms with Crippen LogP contribution < -0.4 is 10.2 Å². The Morgan fingerprint density at radius 1 is 1.16 bits per heavy atom. The molecule has 5 heteroatoms. The summed E-state index contributed by atoms with van der Waals surface area (Å²) in [5.41, 5.74) is 2.53. The number of benzene rings is 2. The van der Waals surface area contributed by atoms with Gasteiger partial charge in [0.15, 0.2) is 0 Å². The summed E-state index contributed by atoms with van der Waals surface area (Å²) >= 11 is 0. The standard InChI is InChI=1S/C20H21FN2O2/c1-13(2)20(25)23-11-5-6-14-12-15(9-10-18(14)23)22-19(24)16-7-3-4-8-17(16)21/h3-4,7-10,12-13H,5-6,11H2,1-2H3,(H,22,24). The highest BCUT2D eigenvalue weighted by atomic mass is 19.1. The van der Waals surface area contributed by atoms with Gasteiger partial charge in [-0.3, -0.25) is 9.59 Å². The van der Waals surface area contributed by atoms with Crippen LogP contribution in [0.5, 0.6) is 0 Å². The molecule has 0 saturated heterocycles. The van der Waals surface area contributed by atoms with Crippen molar-refractivity contribution < 1.29 is 14.0 Å². The van der Waals surface area contributed by atoms with Crippen LogP contribution in [0.3, 0.4) is 0 Å². The number of hydrogen-bond acceptors (Lipinski definition) is 2. The fourth-order valence-corrected chi connectivity index (χ4v) is 3.06. The van der Waals surface area contributed by atoms with E-state index < -0.39 is 11.7 Å². The fourth-order valence-electron chi connectivity index (χ4n) is 3.06. The summed E-state index contributed by atoms with van der Waals surface area (Å²) in [7, 11) is 0. The van der Waals surface area contributed by atoms with Crippen molar-refractivity contribution in [1.82, 2.24) is 0 Å². The van der Waals surface area contributed by atoms with Crippen molar-refractivity contribution in [1.29, 1.82) is 0 Å². The number of carbonyl (C=O) groups is 2. The normalized spacial score (nSPS) is 13.5. The first-order chi connectivity index (χ1) is 12.0. The van der Waals surface area contributed by atoms with Crippen molar-refractivity contribution in [2.75, 3.05) is 16.8 Å². The number of aryl methyl sites for hydroxylation is 1. The Hall–Kier alpha value is -2.69. The lowest BCUT2D eigenvalue weighted by Gasteiger charge is -2.31. The summed E-state index contributed by atoms with van der Waals surface area (Å²) in [6.45, 7) is 4.49. The van der Waals surface area contributed by atoms with Crippen LogP contribution in [0.25, 0.3) is 0 Å². The molecule has 2 aromatic carbocycles. The molecule has 2 aromatic rings. The highest BCUT2D eigenvalue weighted by Crippen LogP contribution is 2.31. The number of nitrogens with zero attached hydrogens (tertiary/aromatic N) is 1. The largest absolute Gasteiger partial charge is 0.322 e. The number of anilines is 2. The Balaban J connectivity index is 1.83. The van der Waals surface area contributed by atoms with E-state index in [2.05, 4.69) is 5.32 Å². The maximum absolute atomic E-state index is 13.7. The minimum atomic E-state index is -0.549. The van der Waals surface area contributed by atoms with E-state index in [0.717, 1.165) is 24.1 Å². The molecule has 0 saturated carbocycles. The molecule has 1 aliphatic heterocycles. The molecular weight excluding hydrogens is 319 g/mol. The summed E-state index contributed by atoms with van der Waals surface area (Å²) in [5, 5.41) is 2.73. The van der Waals surface area contributed by atoms with Gasteiger partial charge >= 0.3 is 0 Å². The molecule has 2 amide bonds. The predicted molar refractivity (Wildman–Crippen MR) is 96.3 cm³/mol. The number of amides is 2. The van der Waals surface area contributed by atoms with Gasteiger partial charge in [-0.1, -0.05) is 26.0 Å². The molecule has 130 valence electrons. The SMILES string of the molecule is CC(C)C(=O)N1CCCc2cc(NC(=O)c3ccccc3F)ccc21.